The maximum absolute atomic E-state index is 12.4. The molecule has 1 aliphatic carbocycles. The Kier molecular flexibility index (Phi) is 7.27. The first-order chi connectivity index (χ1) is 14.0. The number of allylic oxidation sites excluding steroid dienone is 1. The minimum atomic E-state index is -0.920. The number of anilines is 1. The van der Waals surface area contributed by atoms with Crippen LogP contribution in [0.3, 0.4) is 0 Å². The largest absolute Gasteiger partial charge is 0.491 e. The number of rotatable bonds is 7. The number of hydrogen-bond donors (Lipinski definition) is 1. The van der Waals surface area contributed by atoms with Gasteiger partial charge in [-0.15, -0.1) is 0 Å². The molecule has 1 N–H and O–H groups in total. The topological polar surface area (TPSA) is 84.9 Å². The zero-order valence-corrected chi connectivity index (χ0v) is 16.8. The van der Waals surface area contributed by atoms with Gasteiger partial charge in [0.05, 0.1) is 18.7 Å². The molecule has 0 saturated carbocycles. The van der Waals surface area contributed by atoms with E-state index in [1.165, 1.54) is 30.2 Å². The Morgan fingerprint density at radius 1 is 1.24 bits per heavy atom. The lowest BCUT2D eigenvalue weighted by Crippen LogP contribution is -2.41. The molecule has 1 aromatic rings. The molecule has 2 amide bonds. The van der Waals surface area contributed by atoms with E-state index in [1.807, 2.05) is 0 Å². The summed E-state index contributed by atoms with van der Waals surface area (Å²) in [6.45, 7) is 2.07. The van der Waals surface area contributed by atoms with Crippen LogP contribution < -0.4 is 15.0 Å². The third-order valence-electron chi connectivity index (χ3n) is 5.13. The zero-order chi connectivity index (χ0) is 20.6. The van der Waals surface area contributed by atoms with Crippen molar-refractivity contribution in [2.75, 3.05) is 24.6 Å². The van der Waals surface area contributed by atoms with E-state index in [0.29, 0.717) is 18.0 Å². The van der Waals surface area contributed by atoms with Crippen LogP contribution in [-0.2, 0) is 19.1 Å². The number of para-hydroxylation sites is 2. The second kappa shape index (κ2) is 10.1. The summed E-state index contributed by atoms with van der Waals surface area (Å²) in [5.74, 6) is -0.632. The van der Waals surface area contributed by atoms with Gasteiger partial charge in [0.15, 0.2) is 6.10 Å². The smallest absolute Gasteiger partial charge is 0.326 e. The quantitative estimate of drug-likeness (QED) is 0.562. The third kappa shape index (κ3) is 5.82. The number of nitrogens with zero attached hydrogens (tertiary/aromatic N) is 1. The highest BCUT2D eigenvalue weighted by Gasteiger charge is 2.27. The number of nitrogens with one attached hydrogen (secondary N) is 1. The molecule has 156 valence electrons. The first-order valence-corrected chi connectivity index (χ1v) is 10.2. The highest BCUT2D eigenvalue weighted by atomic mass is 16.5. The second-order valence-corrected chi connectivity index (χ2v) is 7.33. The molecule has 0 bridgehead atoms. The molecule has 0 fully saturated rings. The molecule has 1 aromatic carbocycles. The normalized spacial score (nSPS) is 17.3. The van der Waals surface area contributed by atoms with Crippen molar-refractivity contribution in [3.05, 3.63) is 35.9 Å². The Bertz CT molecular complexity index is 789. The van der Waals surface area contributed by atoms with Crippen molar-refractivity contribution in [2.24, 2.45) is 0 Å². The molecule has 0 spiro atoms. The van der Waals surface area contributed by atoms with Gasteiger partial charge in [-0.25, -0.2) is 0 Å². The maximum Gasteiger partial charge on any atom is 0.326 e. The van der Waals surface area contributed by atoms with Crippen molar-refractivity contribution in [1.82, 2.24) is 5.32 Å². The standard InChI is InChI=1S/C22H28N2O5/c1-16(22(27)23-13-11-17-7-3-2-4-8-17)29-21(26)15-24-18-9-5-6-10-19(18)28-14-12-20(24)25/h5-7,9-10,16H,2-4,8,11-15H2,1H3,(H,23,27)/t16-/m1/s1. The number of esters is 1. The highest BCUT2D eigenvalue weighted by molar-refractivity contribution is 5.99. The average Bonchev–Trinajstić information content (AvgIpc) is 2.87. The predicted molar refractivity (Wildman–Crippen MR) is 109 cm³/mol. The molecule has 29 heavy (non-hydrogen) atoms. The van der Waals surface area contributed by atoms with Crippen molar-refractivity contribution >= 4 is 23.5 Å². The predicted octanol–water partition coefficient (Wildman–Crippen LogP) is 2.74. The van der Waals surface area contributed by atoms with E-state index < -0.39 is 12.1 Å². The molecule has 1 aliphatic heterocycles. The van der Waals surface area contributed by atoms with Crippen molar-refractivity contribution in [3.8, 4) is 5.75 Å². The van der Waals surface area contributed by atoms with Crippen LogP contribution in [-0.4, -0.2) is 43.6 Å². The Balaban J connectivity index is 1.49. The lowest BCUT2D eigenvalue weighted by atomic mass is 9.97. The lowest BCUT2D eigenvalue weighted by molar-refractivity contribution is -0.153. The van der Waals surface area contributed by atoms with E-state index in [9.17, 15) is 14.4 Å². The summed E-state index contributed by atoms with van der Waals surface area (Å²) in [6, 6.07) is 7.06. The summed E-state index contributed by atoms with van der Waals surface area (Å²) in [5.41, 5.74) is 1.91. The summed E-state index contributed by atoms with van der Waals surface area (Å²) in [6.07, 6.45) is 6.97. The van der Waals surface area contributed by atoms with E-state index in [2.05, 4.69) is 11.4 Å². The number of carbonyl (C=O) groups is 3. The molecule has 1 heterocycles. The summed E-state index contributed by atoms with van der Waals surface area (Å²) in [7, 11) is 0. The molecular weight excluding hydrogens is 372 g/mol. The minimum absolute atomic E-state index is 0.174. The van der Waals surface area contributed by atoms with Gasteiger partial charge in [-0.2, -0.15) is 0 Å². The molecule has 2 aliphatic rings. The zero-order valence-electron chi connectivity index (χ0n) is 16.8. The fraction of sp³-hybridized carbons (Fsp3) is 0.500. The summed E-state index contributed by atoms with van der Waals surface area (Å²) >= 11 is 0. The van der Waals surface area contributed by atoms with Gasteiger partial charge in [0.25, 0.3) is 5.91 Å². The van der Waals surface area contributed by atoms with Crippen LogP contribution >= 0.6 is 0 Å². The number of ether oxygens (including phenoxy) is 2. The van der Waals surface area contributed by atoms with Gasteiger partial charge >= 0.3 is 5.97 Å². The number of amides is 2. The first kappa shape index (κ1) is 20.9. The fourth-order valence-electron chi connectivity index (χ4n) is 3.53. The van der Waals surface area contributed by atoms with E-state index in [0.717, 1.165) is 19.3 Å². The highest BCUT2D eigenvalue weighted by Crippen LogP contribution is 2.30. The van der Waals surface area contributed by atoms with Crippen LogP contribution in [0.15, 0.2) is 35.9 Å². The molecule has 3 rings (SSSR count). The third-order valence-corrected chi connectivity index (χ3v) is 5.13. The number of benzene rings is 1. The van der Waals surface area contributed by atoms with Crippen molar-refractivity contribution < 1.29 is 23.9 Å². The molecule has 0 saturated heterocycles. The van der Waals surface area contributed by atoms with Gasteiger partial charge in [0.2, 0.25) is 5.91 Å². The van der Waals surface area contributed by atoms with Crippen LogP contribution in [0.4, 0.5) is 5.69 Å². The van der Waals surface area contributed by atoms with Crippen molar-refractivity contribution in [1.29, 1.82) is 0 Å². The Morgan fingerprint density at radius 2 is 2.07 bits per heavy atom. The summed E-state index contributed by atoms with van der Waals surface area (Å²) in [4.78, 5) is 38.3. The van der Waals surface area contributed by atoms with Gasteiger partial charge in [-0.05, 0) is 51.2 Å². The van der Waals surface area contributed by atoms with Crippen LogP contribution in [0.1, 0.15) is 45.4 Å². The Labute approximate surface area is 171 Å². The fourth-order valence-corrected chi connectivity index (χ4v) is 3.53. The monoisotopic (exact) mass is 400 g/mol. The lowest BCUT2D eigenvalue weighted by Gasteiger charge is -2.22. The molecule has 0 radical (unpaired) electrons. The van der Waals surface area contributed by atoms with Crippen LogP contribution in [0.25, 0.3) is 0 Å². The molecule has 0 unspecified atom stereocenters. The molecule has 7 heteroatoms. The van der Waals surface area contributed by atoms with Crippen molar-refractivity contribution in [3.63, 3.8) is 0 Å². The van der Waals surface area contributed by atoms with Gasteiger partial charge in [0.1, 0.15) is 12.3 Å². The van der Waals surface area contributed by atoms with Crippen molar-refractivity contribution in [2.45, 2.75) is 51.6 Å². The van der Waals surface area contributed by atoms with Crippen LogP contribution in [0.5, 0.6) is 5.75 Å². The molecule has 7 nitrogen and oxygen atoms in total. The van der Waals surface area contributed by atoms with E-state index in [4.69, 9.17) is 9.47 Å². The Morgan fingerprint density at radius 3 is 2.86 bits per heavy atom. The molecular formula is C22H28N2O5. The van der Waals surface area contributed by atoms with Gasteiger partial charge < -0.3 is 14.8 Å². The van der Waals surface area contributed by atoms with E-state index in [-0.39, 0.29) is 31.4 Å². The maximum atomic E-state index is 12.4. The minimum Gasteiger partial charge on any atom is -0.491 e. The summed E-state index contributed by atoms with van der Waals surface area (Å²) in [5, 5.41) is 2.82. The van der Waals surface area contributed by atoms with E-state index in [1.54, 1.807) is 24.3 Å². The number of hydrogen-bond acceptors (Lipinski definition) is 5. The Hall–Kier alpha value is -2.83. The van der Waals surface area contributed by atoms with Crippen LogP contribution in [0, 0.1) is 0 Å². The molecule has 1 atom stereocenters. The van der Waals surface area contributed by atoms with Gasteiger partial charge in [0, 0.05) is 6.54 Å². The van der Waals surface area contributed by atoms with Gasteiger partial charge in [-0.1, -0.05) is 23.8 Å². The number of fused-ring (bicyclic) bond motifs is 1. The van der Waals surface area contributed by atoms with Crippen LogP contribution in [0.2, 0.25) is 0 Å². The second-order valence-electron chi connectivity index (χ2n) is 7.33. The average molecular weight is 400 g/mol. The SMILES string of the molecule is C[C@@H](OC(=O)CN1C(=O)CCOc2ccccc21)C(=O)NCCC1=CCCCC1. The summed E-state index contributed by atoms with van der Waals surface area (Å²) < 4.78 is 10.8. The van der Waals surface area contributed by atoms with Gasteiger partial charge in [-0.3, -0.25) is 19.3 Å². The first-order valence-electron chi connectivity index (χ1n) is 10.2. The number of carbonyl (C=O) groups excluding carboxylic acids is 3. The molecule has 0 aromatic heterocycles. The van der Waals surface area contributed by atoms with E-state index >= 15 is 0 Å².